The highest BCUT2D eigenvalue weighted by Crippen LogP contribution is 2.45. The highest BCUT2D eigenvalue weighted by Gasteiger charge is 2.50. The van der Waals surface area contributed by atoms with Gasteiger partial charge in [-0.15, -0.1) is 0 Å². The van der Waals surface area contributed by atoms with Gasteiger partial charge >= 0.3 is 0 Å². The standard InChI is InChI=1S/C11H11BrClN3O/c12-8-2-1-7(13)10(15-8)16-11(17)9-6-3-5(6)4-14-9/h1-2,5-6,9,14H,3-4H2,(H,15,16,17)/t5-,6-,9+/m1/s1. The Morgan fingerprint density at radius 2 is 2.41 bits per heavy atom. The maximum Gasteiger partial charge on any atom is 0.242 e. The van der Waals surface area contributed by atoms with Crippen LogP contribution in [-0.4, -0.2) is 23.5 Å². The second kappa shape index (κ2) is 4.23. The minimum absolute atomic E-state index is 0.0394. The molecule has 90 valence electrons. The topological polar surface area (TPSA) is 54.0 Å². The lowest BCUT2D eigenvalue weighted by atomic mass is 10.2. The summed E-state index contributed by atoms with van der Waals surface area (Å²) < 4.78 is 0.654. The van der Waals surface area contributed by atoms with Crippen molar-refractivity contribution in [2.24, 2.45) is 11.8 Å². The summed E-state index contributed by atoms with van der Waals surface area (Å²) in [5.41, 5.74) is 0. The van der Waals surface area contributed by atoms with E-state index in [2.05, 4.69) is 31.5 Å². The summed E-state index contributed by atoms with van der Waals surface area (Å²) in [6.07, 6.45) is 1.16. The van der Waals surface area contributed by atoms with E-state index in [0.29, 0.717) is 27.3 Å². The first-order valence-corrected chi connectivity index (χ1v) is 6.68. The number of aromatic nitrogens is 1. The second-order valence-corrected chi connectivity index (χ2v) is 5.72. The van der Waals surface area contributed by atoms with E-state index < -0.39 is 0 Å². The summed E-state index contributed by atoms with van der Waals surface area (Å²) in [6, 6.07) is 3.36. The first-order valence-electron chi connectivity index (χ1n) is 5.51. The third-order valence-corrected chi connectivity index (χ3v) is 4.09. The molecule has 2 aliphatic rings. The molecule has 1 aromatic heterocycles. The predicted octanol–water partition coefficient (Wildman–Crippen LogP) is 2.04. The number of anilines is 1. The van der Waals surface area contributed by atoms with E-state index in [1.54, 1.807) is 12.1 Å². The summed E-state index contributed by atoms with van der Waals surface area (Å²) in [5.74, 6) is 1.57. The van der Waals surface area contributed by atoms with E-state index in [-0.39, 0.29) is 11.9 Å². The molecule has 17 heavy (non-hydrogen) atoms. The molecule has 2 heterocycles. The van der Waals surface area contributed by atoms with Crippen molar-refractivity contribution in [2.75, 3.05) is 11.9 Å². The highest BCUT2D eigenvalue weighted by molar-refractivity contribution is 9.10. The van der Waals surface area contributed by atoms with Crippen molar-refractivity contribution in [3.8, 4) is 0 Å². The molecule has 0 bridgehead atoms. The Morgan fingerprint density at radius 1 is 1.59 bits per heavy atom. The van der Waals surface area contributed by atoms with Gasteiger partial charge in [0, 0.05) is 0 Å². The third-order valence-electron chi connectivity index (χ3n) is 3.34. The molecule has 6 heteroatoms. The fraction of sp³-hybridized carbons (Fsp3) is 0.455. The molecule has 1 aliphatic heterocycles. The number of rotatable bonds is 2. The molecule has 0 radical (unpaired) electrons. The Morgan fingerprint density at radius 3 is 3.06 bits per heavy atom. The minimum Gasteiger partial charge on any atom is -0.308 e. The number of fused-ring (bicyclic) bond motifs is 1. The largest absolute Gasteiger partial charge is 0.308 e. The first kappa shape index (κ1) is 11.4. The highest BCUT2D eigenvalue weighted by atomic mass is 79.9. The van der Waals surface area contributed by atoms with Gasteiger partial charge in [0.05, 0.1) is 11.1 Å². The molecule has 1 aromatic rings. The van der Waals surface area contributed by atoms with Crippen molar-refractivity contribution in [1.29, 1.82) is 0 Å². The van der Waals surface area contributed by atoms with E-state index in [1.165, 1.54) is 0 Å². The van der Waals surface area contributed by atoms with E-state index >= 15 is 0 Å². The van der Waals surface area contributed by atoms with Crippen LogP contribution >= 0.6 is 27.5 Å². The van der Waals surface area contributed by atoms with Crippen LogP contribution in [0, 0.1) is 11.8 Å². The SMILES string of the molecule is O=C(Nc1nc(Br)ccc1Cl)[C@H]1NC[C@H]2C[C@H]21. The van der Waals surface area contributed by atoms with Gasteiger partial charge in [0.25, 0.3) is 0 Å². The fourth-order valence-electron chi connectivity index (χ4n) is 2.33. The van der Waals surface area contributed by atoms with E-state index in [9.17, 15) is 4.79 Å². The van der Waals surface area contributed by atoms with Crippen LogP contribution in [0.5, 0.6) is 0 Å². The molecule has 2 fully saturated rings. The molecular weight excluding hydrogens is 305 g/mol. The number of carbonyl (C=O) groups excluding carboxylic acids is 1. The summed E-state index contributed by atoms with van der Waals surface area (Å²) in [4.78, 5) is 16.2. The zero-order valence-corrected chi connectivity index (χ0v) is 11.3. The van der Waals surface area contributed by atoms with Gasteiger partial charge < -0.3 is 10.6 Å². The Labute approximate surface area is 112 Å². The van der Waals surface area contributed by atoms with Crippen LogP contribution in [-0.2, 0) is 4.79 Å². The zero-order chi connectivity index (χ0) is 12.0. The molecule has 2 N–H and O–H groups in total. The summed E-state index contributed by atoms with van der Waals surface area (Å²) in [7, 11) is 0. The zero-order valence-electron chi connectivity index (χ0n) is 8.91. The van der Waals surface area contributed by atoms with Crippen molar-refractivity contribution in [1.82, 2.24) is 10.3 Å². The average Bonchev–Trinajstić information content (AvgIpc) is 2.95. The molecule has 0 aromatic carbocycles. The van der Waals surface area contributed by atoms with E-state index in [4.69, 9.17) is 11.6 Å². The van der Waals surface area contributed by atoms with Gasteiger partial charge in [-0.25, -0.2) is 4.98 Å². The molecule has 4 nitrogen and oxygen atoms in total. The first-order chi connectivity index (χ1) is 8.15. The number of amides is 1. The maximum atomic E-state index is 12.0. The third kappa shape index (κ3) is 2.19. The average molecular weight is 317 g/mol. The van der Waals surface area contributed by atoms with Gasteiger partial charge in [0.1, 0.15) is 4.60 Å². The number of halogens is 2. The van der Waals surface area contributed by atoms with Crippen LogP contribution in [0.3, 0.4) is 0 Å². The quantitative estimate of drug-likeness (QED) is 0.821. The summed E-state index contributed by atoms with van der Waals surface area (Å²) >= 11 is 9.23. The summed E-state index contributed by atoms with van der Waals surface area (Å²) in [6.45, 7) is 0.947. The molecule has 1 aliphatic carbocycles. The lowest BCUT2D eigenvalue weighted by Crippen LogP contribution is -2.39. The lowest BCUT2D eigenvalue weighted by molar-refractivity contribution is -0.118. The Bertz CT molecular complexity index is 482. The van der Waals surface area contributed by atoms with Gasteiger partial charge in [-0.05, 0) is 52.9 Å². The number of hydrogen-bond donors (Lipinski definition) is 2. The number of nitrogens with one attached hydrogen (secondary N) is 2. The summed E-state index contributed by atoms with van der Waals surface area (Å²) in [5, 5.41) is 6.44. The van der Waals surface area contributed by atoms with Crippen LogP contribution in [0.1, 0.15) is 6.42 Å². The number of hydrogen-bond acceptors (Lipinski definition) is 3. The molecule has 3 atom stereocenters. The van der Waals surface area contributed by atoms with Gasteiger partial charge in [-0.3, -0.25) is 4.79 Å². The van der Waals surface area contributed by atoms with Crippen LogP contribution in [0.2, 0.25) is 5.02 Å². The van der Waals surface area contributed by atoms with Gasteiger partial charge in [-0.2, -0.15) is 0 Å². The molecule has 1 amide bonds. The van der Waals surface area contributed by atoms with Crippen molar-refractivity contribution >= 4 is 39.3 Å². The van der Waals surface area contributed by atoms with Crippen LogP contribution in [0.25, 0.3) is 0 Å². The van der Waals surface area contributed by atoms with Crippen molar-refractivity contribution < 1.29 is 4.79 Å². The Balaban J connectivity index is 1.73. The van der Waals surface area contributed by atoms with Gasteiger partial charge in [-0.1, -0.05) is 11.6 Å². The van der Waals surface area contributed by atoms with Crippen molar-refractivity contribution in [2.45, 2.75) is 12.5 Å². The maximum absolute atomic E-state index is 12.0. The minimum atomic E-state index is -0.0863. The Kier molecular flexibility index (Phi) is 2.84. The van der Waals surface area contributed by atoms with E-state index in [1.807, 2.05) is 0 Å². The van der Waals surface area contributed by atoms with Crippen LogP contribution < -0.4 is 10.6 Å². The van der Waals surface area contributed by atoms with Crippen LogP contribution in [0.4, 0.5) is 5.82 Å². The number of piperidine rings is 1. The molecular formula is C11H11BrClN3O. The lowest BCUT2D eigenvalue weighted by Gasteiger charge is -2.13. The van der Waals surface area contributed by atoms with Gasteiger partial charge in [0.15, 0.2) is 5.82 Å². The molecule has 0 unspecified atom stereocenters. The molecule has 1 saturated heterocycles. The van der Waals surface area contributed by atoms with Crippen molar-refractivity contribution in [3.63, 3.8) is 0 Å². The monoisotopic (exact) mass is 315 g/mol. The smallest absolute Gasteiger partial charge is 0.242 e. The second-order valence-electron chi connectivity index (χ2n) is 4.50. The number of nitrogens with zero attached hydrogens (tertiary/aromatic N) is 1. The molecule has 0 spiro atoms. The van der Waals surface area contributed by atoms with Crippen LogP contribution in [0.15, 0.2) is 16.7 Å². The van der Waals surface area contributed by atoms with Crippen molar-refractivity contribution in [3.05, 3.63) is 21.8 Å². The predicted molar refractivity (Wildman–Crippen MR) is 69.0 cm³/mol. The molecule has 3 rings (SSSR count). The number of pyridine rings is 1. The Hall–Kier alpha value is -0.650. The van der Waals surface area contributed by atoms with Gasteiger partial charge in [0.2, 0.25) is 5.91 Å². The normalized spacial score (nSPS) is 29.9. The molecule has 1 saturated carbocycles. The van der Waals surface area contributed by atoms with E-state index in [0.717, 1.165) is 13.0 Å². The number of carbonyl (C=O) groups is 1. The fourth-order valence-corrected chi connectivity index (χ4v) is 2.79.